The van der Waals surface area contributed by atoms with Crippen molar-refractivity contribution in [3.05, 3.63) is 40.7 Å². The van der Waals surface area contributed by atoms with Gasteiger partial charge in [-0.05, 0) is 25.1 Å². The second-order valence-electron chi connectivity index (χ2n) is 4.94. The number of ether oxygens (including phenoxy) is 1. The van der Waals surface area contributed by atoms with E-state index < -0.39 is 0 Å². The lowest BCUT2D eigenvalue weighted by atomic mass is 10.3. The first kappa shape index (κ1) is 16.8. The van der Waals surface area contributed by atoms with Gasteiger partial charge in [0.2, 0.25) is 0 Å². The molecule has 3 aromatic rings. The molecule has 1 aromatic carbocycles. The molecule has 0 radical (unpaired) electrons. The number of aromatic nitrogens is 4. The molecule has 0 saturated heterocycles. The van der Waals surface area contributed by atoms with Crippen LogP contribution in [-0.2, 0) is 22.6 Å². The summed E-state index contributed by atoms with van der Waals surface area (Å²) in [6, 6.07) is 5.63. The smallest absolute Gasteiger partial charge is 0.270 e. The van der Waals surface area contributed by atoms with Crippen LogP contribution in [0.15, 0.2) is 35.8 Å². The molecule has 9 heteroatoms. The molecule has 0 fully saturated rings. The van der Waals surface area contributed by atoms with Crippen LogP contribution in [0.4, 0.5) is 0 Å². The van der Waals surface area contributed by atoms with Crippen molar-refractivity contribution in [1.29, 1.82) is 0 Å². The van der Waals surface area contributed by atoms with E-state index in [2.05, 4.69) is 15.1 Å². The van der Waals surface area contributed by atoms with Gasteiger partial charge in [0.05, 0.1) is 16.8 Å². The van der Waals surface area contributed by atoms with E-state index in [1.807, 2.05) is 29.7 Å². The predicted molar refractivity (Wildman–Crippen MR) is 91.9 cm³/mol. The Morgan fingerprint density at radius 3 is 3.08 bits per heavy atom. The zero-order valence-electron chi connectivity index (χ0n) is 13.1. The van der Waals surface area contributed by atoms with Gasteiger partial charge in [-0.3, -0.25) is 4.79 Å². The third kappa shape index (κ3) is 3.89. The summed E-state index contributed by atoms with van der Waals surface area (Å²) in [5, 5.41) is 4.57. The summed E-state index contributed by atoms with van der Waals surface area (Å²) in [4.78, 5) is 20.9. The molecule has 0 N–H and O–H groups in total. The lowest BCUT2D eigenvalue weighted by Gasteiger charge is -2.05. The summed E-state index contributed by atoms with van der Waals surface area (Å²) in [7, 11) is 0. The van der Waals surface area contributed by atoms with Crippen molar-refractivity contribution in [3.63, 3.8) is 0 Å². The Labute approximate surface area is 147 Å². The van der Waals surface area contributed by atoms with E-state index >= 15 is 0 Å². The van der Waals surface area contributed by atoms with Crippen LogP contribution in [-0.4, -0.2) is 38.5 Å². The van der Waals surface area contributed by atoms with Gasteiger partial charge in [-0.15, -0.1) is 0 Å². The fourth-order valence-corrected chi connectivity index (χ4v) is 3.59. The molecule has 2 aromatic heterocycles. The van der Waals surface area contributed by atoms with Crippen LogP contribution in [0.5, 0.6) is 0 Å². The number of halogens is 1. The van der Waals surface area contributed by atoms with Gasteiger partial charge in [0.15, 0.2) is 4.80 Å². The fourth-order valence-electron chi connectivity index (χ4n) is 2.24. The average Bonchev–Trinajstić information content (AvgIpc) is 3.15. The van der Waals surface area contributed by atoms with E-state index in [0.717, 1.165) is 10.2 Å². The van der Waals surface area contributed by atoms with Crippen molar-refractivity contribution in [2.24, 2.45) is 4.99 Å². The maximum absolute atomic E-state index is 12.2. The first-order valence-electron chi connectivity index (χ1n) is 7.44. The minimum absolute atomic E-state index is 0.0560. The highest BCUT2D eigenvalue weighted by Gasteiger charge is 2.09. The van der Waals surface area contributed by atoms with E-state index in [4.69, 9.17) is 16.3 Å². The van der Waals surface area contributed by atoms with Gasteiger partial charge in [-0.1, -0.05) is 22.9 Å². The highest BCUT2D eigenvalue weighted by atomic mass is 35.5. The second-order valence-corrected chi connectivity index (χ2v) is 6.39. The SMILES string of the molecule is CCOCCn1c(=NC(=O)Cn2cncn2)sc2cc(Cl)ccc21. The zero-order chi connectivity index (χ0) is 16.9. The Hall–Kier alpha value is -2.03. The molecule has 24 heavy (non-hydrogen) atoms. The van der Waals surface area contributed by atoms with Crippen molar-refractivity contribution in [1.82, 2.24) is 19.3 Å². The monoisotopic (exact) mass is 365 g/mol. The largest absolute Gasteiger partial charge is 0.380 e. The quantitative estimate of drug-likeness (QED) is 0.627. The van der Waals surface area contributed by atoms with Crippen LogP contribution in [0.2, 0.25) is 5.02 Å². The number of nitrogens with zero attached hydrogens (tertiary/aromatic N) is 5. The molecule has 0 spiro atoms. The molecule has 0 aliphatic rings. The fraction of sp³-hybridized carbons (Fsp3) is 0.333. The lowest BCUT2D eigenvalue weighted by Crippen LogP contribution is -2.21. The Morgan fingerprint density at radius 2 is 2.33 bits per heavy atom. The number of thiazole rings is 1. The first-order valence-corrected chi connectivity index (χ1v) is 8.63. The summed E-state index contributed by atoms with van der Waals surface area (Å²) in [6.45, 7) is 3.82. The predicted octanol–water partition coefficient (Wildman–Crippen LogP) is 2.11. The topological polar surface area (TPSA) is 74.3 Å². The van der Waals surface area contributed by atoms with Crippen molar-refractivity contribution in [2.45, 2.75) is 20.0 Å². The van der Waals surface area contributed by atoms with E-state index in [1.165, 1.54) is 28.7 Å². The van der Waals surface area contributed by atoms with Crippen LogP contribution in [0, 0.1) is 0 Å². The first-order chi connectivity index (χ1) is 11.7. The van der Waals surface area contributed by atoms with Gasteiger partial charge < -0.3 is 9.30 Å². The van der Waals surface area contributed by atoms with E-state index in [1.54, 1.807) is 0 Å². The molecule has 0 saturated carbocycles. The van der Waals surface area contributed by atoms with Crippen LogP contribution in [0.3, 0.4) is 0 Å². The third-order valence-electron chi connectivity index (χ3n) is 3.29. The van der Waals surface area contributed by atoms with Gasteiger partial charge in [0.1, 0.15) is 19.2 Å². The summed E-state index contributed by atoms with van der Waals surface area (Å²) in [5.74, 6) is -0.289. The number of amides is 1. The highest BCUT2D eigenvalue weighted by molar-refractivity contribution is 7.16. The summed E-state index contributed by atoms with van der Waals surface area (Å²) in [5.41, 5.74) is 0.983. The Morgan fingerprint density at radius 1 is 1.46 bits per heavy atom. The number of carbonyl (C=O) groups is 1. The Kier molecular flexibility index (Phi) is 5.39. The van der Waals surface area contributed by atoms with E-state index in [9.17, 15) is 4.79 Å². The van der Waals surface area contributed by atoms with Gasteiger partial charge in [0, 0.05) is 18.2 Å². The summed E-state index contributed by atoms with van der Waals surface area (Å²) < 4.78 is 9.83. The maximum atomic E-state index is 12.2. The van der Waals surface area contributed by atoms with Crippen LogP contribution in [0.25, 0.3) is 10.2 Å². The molecular weight excluding hydrogens is 350 g/mol. The van der Waals surface area contributed by atoms with Gasteiger partial charge in [-0.25, -0.2) is 9.67 Å². The summed E-state index contributed by atoms with van der Waals surface area (Å²) in [6.07, 6.45) is 2.87. The number of fused-ring (bicyclic) bond motifs is 1. The zero-order valence-corrected chi connectivity index (χ0v) is 14.6. The molecular formula is C15H16ClN5O2S. The number of rotatable bonds is 6. The standard InChI is InChI=1S/C15H16ClN5O2S/c1-2-23-6-5-21-12-4-3-11(16)7-13(12)24-15(21)19-14(22)8-20-10-17-9-18-20/h3-4,7,9-10H,2,5-6,8H2,1H3. The molecule has 7 nitrogen and oxygen atoms in total. The molecule has 0 bridgehead atoms. The molecule has 126 valence electrons. The molecule has 1 amide bonds. The third-order valence-corrected chi connectivity index (χ3v) is 4.57. The minimum Gasteiger partial charge on any atom is -0.380 e. The lowest BCUT2D eigenvalue weighted by molar-refractivity contribution is -0.118. The number of benzene rings is 1. The number of hydrogen-bond donors (Lipinski definition) is 0. The Bertz CT molecular complexity index is 900. The molecule has 0 unspecified atom stereocenters. The molecule has 0 aliphatic carbocycles. The molecule has 2 heterocycles. The van der Waals surface area contributed by atoms with Crippen LogP contribution >= 0.6 is 22.9 Å². The van der Waals surface area contributed by atoms with Crippen LogP contribution in [0.1, 0.15) is 6.92 Å². The van der Waals surface area contributed by atoms with E-state index in [0.29, 0.717) is 29.6 Å². The van der Waals surface area contributed by atoms with Crippen molar-refractivity contribution < 1.29 is 9.53 Å². The molecule has 0 aliphatic heterocycles. The minimum atomic E-state index is -0.289. The van der Waals surface area contributed by atoms with Crippen molar-refractivity contribution in [2.75, 3.05) is 13.2 Å². The Balaban J connectivity index is 1.96. The number of carbonyl (C=O) groups excluding carboxylic acids is 1. The van der Waals surface area contributed by atoms with Gasteiger partial charge in [0.25, 0.3) is 5.91 Å². The van der Waals surface area contributed by atoms with Gasteiger partial charge in [-0.2, -0.15) is 10.1 Å². The summed E-state index contributed by atoms with van der Waals surface area (Å²) >= 11 is 7.49. The molecule has 3 rings (SSSR count). The maximum Gasteiger partial charge on any atom is 0.270 e. The average molecular weight is 366 g/mol. The van der Waals surface area contributed by atoms with Crippen LogP contribution < -0.4 is 4.80 Å². The molecule has 0 atom stereocenters. The van der Waals surface area contributed by atoms with Gasteiger partial charge >= 0.3 is 0 Å². The van der Waals surface area contributed by atoms with Crippen molar-refractivity contribution >= 4 is 39.1 Å². The second kappa shape index (κ2) is 7.69. The number of hydrogen-bond acceptors (Lipinski definition) is 5. The van der Waals surface area contributed by atoms with Crippen molar-refractivity contribution in [3.8, 4) is 0 Å². The highest BCUT2D eigenvalue weighted by Crippen LogP contribution is 2.21. The van der Waals surface area contributed by atoms with E-state index in [-0.39, 0.29) is 12.5 Å². The normalized spacial score (nSPS) is 12.2.